The number of carboxylic acid groups (broad SMARTS) is 4. The Morgan fingerprint density at radius 2 is 1.14 bits per heavy atom. The molecular weight excluding hydrogens is 488 g/mol. The minimum atomic E-state index is -1.66. The number of nitrogens with zero attached hydrogens (tertiary/aromatic N) is 2. The normalized spacial score (nSPS) is 19.8. The zero-order valence-electron chi connectivity index (χ0n) is 20.0. The van der Waals surface area contributed by atoms with E-state index >= 15 is 0 Å². The molecule has 16 heteroatoms. The molecule has 36 heavy (non-hydrogen) atoms. The van der Waals surface area contributed by atoms with Gasteiger partial charge in [-0.1, -0.05) is 0 Å². The molecule has 16 nitrogen and oxygen atoms in total. The van der Waals surface area contributed by atoms with Crippen LogP contribution in [0, 0.1) is 0 Å². The number of carboxylic acids is 4. The van der Waals surface area contributed by atoms with Gasteiger partial charge in [0.15, 0.2) is 0 Å². The molecule has 1 aliphatic rings. The fourth-order valence-electron chi connectivity index (χ4n) is 4.09. The summed E-state index contributed by atoms with van der Waals surface area (Å²) in [6.07, 6.45) is 0. The fourth-order valence-corrected chi connectivity index (χ4v) is 4.09. The van der Waals surface area contributed by atoms with Crippen LogP contribution in [0.5, 0.6) is 0 Å². The second kappa shape index (κ2) is 16.3. The lowest BCUT2D eigenvalue weighted by atomic mass is 9.83. The molecule has 1 heterocycles. The number of ether oxygens (including phenoxy) is 4. The van der Waals surface area contributed by atoms with Gasteiger partial charge in [0.25, 0.3) is 0 Å². The first-order valence-corrected chi connectivity index (χ1v) is 11.2. The zero-order chi connectivity index (χ0) is 27.1. The van der Waals surface area contributed by atoms with Gasteiger partial charge in [-0.25, -0.2) is 0 Å². The van der Waals surface area contributed by atoms with Gasteiger partial charge in [0.2, 0.25) is 0 Å². The number of nitrogens with two attached hydrogens (primary N) is 2. The third-order valence-corrected chi connectivity index (χ3v) is 5.36. The Labute approximate surface area is 207 Å². The predicted molar refractivity (Wildman–Crippen MR) is 121 cm³/mol. The van der Waals surface area contributed by atoms with Crippen LogP contribution >= 0.6 is 0 Å². The zero-order valence-corrected chi connectivity index (χ0v) is 20.0. The molecule has 0 aromatic carbocycles. The Bertz CT molecular complexity index is 635. The van der Waals surface area contributed by atoms with E-state index in [4.69, 9.17) is 30.4 Å². The van der Waals surface area contributed by atoms with Crippen LogP contribution in [0.2, 0.25) is 0 Å². The standard InChI is InChI=1S/C20H36N4O12/c21-1-3-33-11-14(23(7-16(25)26)8-17(27)28)20(13-35-5-6-36-20)15(12-34-4-2-22)24(9-18(29)30)10-19(31)32/h14-15H,1-13,21-22H2,(H,25,26)(H,27,28)(H,29,30)(H,31,32). The third-order valence-electron chi connectivity index (χ3n) is 5.36. The number of hydrogen-bond donors (Lipinski definition) is 6. The first-order chi connectivity index (χ1) is 17.1. The Hall–Kier alpha value is -2.44. The fraction of sp³-hybridized carbons (Fsp3) is 0.800. The lowest BCUT2D eigenvalue weighted by Crippen LogP contribution is -2.72. The molecule has 0 spiro atoms. The maximum atomic E-state index is 11.6. The van der Waals surface area contributed by atoms with E-state index in [-0.39, 0.29) is 59.3 Å². The molecule has 0 aliphatic carbocycles. The second-order valence-electron chi connectivity index (χ2n) is 8.00. The predicted octanol–water partition coefficient (Wildman–Crippen LogP) is -3.60. The molecule has 1 aliphatic heterocycles. The van der Waals surface area contributed by atoms with Crippen molar-refractivity contribution in [2.75, 3.05) is 85.5 Å². The smallest absolute Gasteiger partial charge is 0.317 e. The molecule has 1 fully saturated rings. The van der Waals surface area contributed by atoms with Crippen molar-refractivity contribution < 1.29 is 58.6 Å². The van der Waals surface area contributed by atoms with E-state index in [1.54, 1.807) is 0 Å². The van der Waals surface area contributed by atoms with Gasteiger partial charge in [-0.05, 0) is 0 Å². The van der Waals surface area contributed by atoms with E-state index in [0.717, 1.165) is 9.80 Å². The average molecular weight is 525 g/mol. The van der Waals surface area contributed by atoms with Gasteiger partial charge in [-0.15, -0.1) is 0 Å². The Kier molecular flexibility index (Phi) is 14.3. The summed E-state index contributed by atoms with van der Waals surface area (Å²) in [6.45, 7) is -3.31. The highest BCUT2D eigenvalue weighted by molar-refractivity contribution is 5.73. The van der Waals surface area contributed by atoms with E-state index in [9.17, 15) is 39.6 Å². The van der Waals surface area contributed by atoms with Crippen LogP contribution in [0.15, 0.2) is 0 Å². The molecule has 0 amide bonds. The van der Waals surface area contributed by atoms with Crippen LogP contribution in [0.25, 0.3) is 0 Å². The maximum Gasteiger partial charge on any atom is 0.317 e. The molecule has 8 N–H and O–H groups in total. The molecule has 2 atom stereocenters. The van der Waals surface area contributed by atoms with E-state index in [0.29, 0.717) is 0 Å². The second-order valence-corrected chi connectivity index (χ2v) is 8.00. The largest absolute Gasteiger partial charge is 0.480 e. The van der Waals surface area contributed by atoms with Crippen molar-refractivity contribution >= 4 is 23.9 Å². The van der Waals surface area contributed by atoms with Crippen molar-refractivity contribution in [1.29, 1.82) is 0 Å². The Morgan fingerprint density at radius 3 is 1.42 bits per heavy atom. The van der Waals surface area contributed by atoms with Gasteiger partial charge in [-0.2, -0.15) is 0 Å². The molecule has 0 radical (unpaired) electrons. The summed E-state index contributed by atoms with van der Waals surface area (Å²) >= 11 is 0. The summed E-state index contributed by atoms with van der Waals surface area (Å²) in [7, 11) is 0. The van der Waals surface area contributed by atoms with Crippen LogP contribution in [0.3, 0.4) is 0 Å². The van der Waals surface area contributed by atoms with E-state index in [1.807, 2.05) is 0 Å². The third kappa shape index (κ3) is 10.3. The lowest BCUT2D eigenvalue weighted by molar-refractivity contribution is -0.233. The van der Waals surface area contributed by atoms with Crippen molar-refractivity contribution in [3.63, 3.8) is 0 Å². The molecule has 1 saturated heterocycles. The minimum absolute atomic E-state index is 0.0251. The maximum absolute atomic E-state index is 11.6. The van der Waals surface area contributed by atoms with Crippen molar-refractivity contribution in [2.45, 2.75) is 17.7 Å². The highest BCUT2D eigenvalue weighted by atomic mass is 16.6. The number of rotatable bonds is 20. The average Bonchev–Trinajstić information content (AvgIpc) is 2.78. The first kappa shape index (κ1) is 31.6. The Balaban J connectivity index is 3.69. The molecule has 0 saturated carbocycles. The first-order valence-electron chi connectivity index (χ1n) is 11.2. The van der Waals surface area contributed by atoms with Crippen LogP contribution in [-0.2, 0) is 38.1 Å². The van der Waals surface area contributed by atoms with Crippen molar-refractivity contribution in [3.05, 3.63) is 0 Å². The van der Waals surface area contributed by atoms with Crippen molar-refractivity contribution in [2.24, 2.45) is 11.5 Å². The van der Waals surface area contributed by atoms with Crippen LogP contribution in [0.4, 0.5) is 0 Å². The lowest BCUT2D eigenvalue weighted by Gasteiger charge is -2.52. The van der Waals surface area contributed by atoms with Crippen molar-refractivity contribution in [3.8, 4) is 0 Å². The number of aliphatic carboxylic acids is 4. The minimum Gasteiger partial charge on any atom is -0.480 e. The summed E-state index contributed by atoms with van der Waals surface area (Å²) in [5, 5.41) is 37.9. The molecule has 2 unspecified atom stereocenters. The molecule has 0 bridgehead atoms. The van der Waals surface area contributed by atoms with E-state index in [1.165, 1.54) is 0 Å². The van der Waals surface area contributed by atoms with Crippen LogP contribution < -0.4 is 11.5 Å². The molecular formula is C20H36N4O12. The van der Waals surface area contributed by atoms with Gasteiger partial charge in [-0.3, -0.25) is 29.0 Å². The molecule has 0 aromatic rings. The van der Waals surface area contributed by atoms with Crippen LogP contribution in [-0.4, -0.2) is 157 Å². The summed E-state index contributed by atoms with van der Waals surface area (Å²) < 4.78 is 23.0. The van der Waals surface area contributed by atoms with Crippen LogP contribution in [0.1, 0.15) is 0 Å². The Morgan fingerprint density at radius 1 is 0.750 bits per heavy atom. The topological polar surface area (TPSA) is 245 Å². The SMILES string of the molecule is NCCOCC(N(CC(=O)O)CC(=O)O)C1(C(COCCN)N(CC(=O)O)CC(=O)O)COCCO1. The summed E-state index contributed by atoms with van der Waals surface area (Å²) in [5.74, 6) is -5.35. The van der Waals surface area contributed by atoms with Gasteiger partial charge >= 0.3 is 23.9 Å². The molecule has 1 rings (SSSR count). The summed E-state index contributed by atoms with van der Waals surface area (Å²) in [6, 6.07) is -2.29. The number of hydrogen-bond acceptors (Lipinski definition) is 12. The van der Waals surface area contributed by atoms with Gasteiger partial charge in [0.1, 0.15) is 5.60 Å². The molecule has 208 valence electrons. The summed E-state index contributed by atoms with van der Waals surface area (Å²) in [5.41, 5.74) is 9.36. The van der Waals surface area contributed by atoms with Gasteiger partial charge in [0, 0.05) is 13.1 Å². The van der Waals surface area contributed by atoms with Gasteiger partial charge in [0.05, 0.1) is 84.5 Å². The van der Waals surface area contributed by atoms with E-state index < -0.39 is 67.7 Å². The van der Waals surface area contributed by atoms with E-state index in [2.05, 4.69) is 0 Å². The highest BCUT2D eigenvalue weighted by Gasteiger charge is 2.54. The summed E-state index contributed by atoms with van der Waals surface area (Å²) in [4.78, 5) is 48.8. The highest BCUT2D eigenvalue weighted by Crippen LogP contribution is 2.32. The van der Waals surface area contributed by atoms with Crippen molar-refractivity contribution in [1.82, 2.24) is 9.80 Å². The number of carbonyl (C=O) groups is 4. The quantitative estimate of drug-likeness (QED) is 0.0842. The molecule has 0 aromatic heterocycles. The monoisotopic (exact) mass is 524 g/mol. The van der Waals surface area contributed by atoms with Gasteiger partial charge < -0.3 is 50.8 Å².